The number of nitrogens with zero attached hydrogens (tertiary/aromatic N) is 1. The Kier molecular flexibility index (Phi) is 7.23. The maximum atomic E-state index is 11.3. The number of likely N-dealkylation sites (tertiary alicyclic amines) is 1. The summed E-state index contributed by atoms with van der Waals surface area (Å²) >= 11 is 0. The van der Waals surface area contributed by atoms with Crippen LogP contribution in [0, 0.1) is 0 Å². The van der Waals surface area contributed by atoms with E-state index in [1.807, 2.05) is 0 Å². The second kappa shape index (κ2) is 8.45. The molecular formula is C13H25NO4. The van der Waals surface area contributed by atoms with Crippen molar-refractivity contribution < 1.29 is 19.7 Å². The molecule has 2 unspecified atom stereocenters. The number of carbonyl (C=O) groups excluding carboxylic acids is 1. The minimum Gasteiger partial charge on any atom is -0.466 e. The molecule has 0 aromatic rings. The van der Waals surface area contributed by atoms with Crippen LogP contribution in [0.25, 0.3) is 0 Å². The Hall–Kier alpha value is -0.650. The molecule has 1 aliphatic heterocycles. The third-order valence-electron chi connectivity index (χ3n) is 3.36. The van der Waals surface area contributed by atoms with Crippen molar-refractivity contribution in [2.24, 2.45) is 0 Å². The normalized spacial score (nSPS) is 22.7. The van der Waals surface area contributed by atoms with Gasteiger partial charge in [0.2, 0.25) is 0 Å². The molecule has 1 rings (SSSR count). The summed E-state index contributed by atoms with van der Waals surface area (Å²) in [4.78, 5) is 13.4. The predicted octanol–water partition coefficient (Wildman–Crippen LogP) is 0.537. The van der Waals surface area contributed by atoms with Crippen molar-refractivity contribution in [2.45, 2.75) is 51.2 Å². The average molecular weight is 259 g/mol. The highest BCUT2D eigenvalue weighted by Gasteiger charge is 2.24. The van der Waals surface area contributed by atoms with Crippen LogP contribution < -0.4 is 0 Å². The lowest BCUT2D eigenvalue weighted by molar-refractivity contribution is -0.145. The smallest absolute Gasteiger partial charge is 0.308 e. The number of piperidine rings is 1. The number of hydrogen-bond donors (Lipinski definition) is 2. The minimum atomic E-state index is -0.677. The fraction of sp³-hybridized carbons (Fsp3) is 0.923. The quantitative estimate of drug-likeness (QED) is 0.653. The van der Waals surface area contributed by atoms with Crippen LogP contribution in [0.15, 0.2) is 0 Å². The molecule has 0 saturated carbocycles. The van der Waals surface area contributed by atoms with Gasteiger partial charge in [0.25, 0.3) is 0 Å². The van der Waals surface area contributed by atoms with Crippen molar-refractivity contribution in [3.63, 3.8) is 0 Å². The van der Waals surface area contributed by atoms with Gasteiger partial charge in [-0.15, -0.1) is 0 Å². The lowest BCUT2D eigenvalue weighted by Gasteiger charge is -2.36. The van der Waals surface area contributed by atoms with Gasteiger partial charge >= 0.3 is 5.97 Å². The average Bonchev–Trinajstić information content (AvgIpc) is 2.32. The van der Waals surface area contributed by atoms with E-state index in [0.717, 1.165) is 25.8 Å². The van der Waals surface area contributed by atoms with Crippen LogP contribution in [0.1, 0.15) is 39.0 Å². The summed E-state index contributed by atoms with van der Waals surface area (Å²) in [5, 5.41) is 18.9. The van der Waals surface area contributed by atoms with Gasteiger partial charge in [-0.3, -0.25) is 9.69 Å². The molecule has 106 valence electrons. The molecule has 0 bridgehead atoms. The van der Waals surface area contributed by atoms with Crippen LogP contribution in [-0.2, 0) is 9.53 Å². The molecule has 0 aromatic carbocycles. The largest absolute Gasteiger partial charge is 0.466 e. The Bertz CT molecular complexity index is 245. The van der Waals surface area contributed by atoms with Crippen LogP contribution in [0.2, 0.25) is 0 Å². The summed E-state index contributed by atoms with van der Waals surface area (Å²) in [6.07, 6.45) is 3.47. The number of β-amino-alcohol motifs (C(OH)–C–C–N with tert-alkyl or cyclic N) is 1. The number of hydrogen-bond acceptors (Lipinski definition) is 5. The van der Waals surface area contributed by atoms with Gasteiger partial charge in [-0.1, -0.05) is 6.42 Å². The van der Waals surface area contributed by atoms with Gasteiger partial charge in [0.15, 0.2) is 0 Å². The summed E-state index contributed by atoms with van der Waals surface area (Å²) in [7, 11) is 0. The second-order valence-corrected chi connectivity index (χ2v) is 4.82. The third kappa shape index (κ3) is 5.33. The number of carbonyl (C=O) groups is 1. The zero-order valence-electron chi connectivity index (χ0n) is 11.2. The second-order valence-electron chi connectivity index (χ2n) is 4.82. The standard InChI is InChI=1S/C13H25NO4/c1-2-18-13(17)9-12(16)10-14-7-4-3-5-11(14)6-8-15/h11-12,15-16H,2-10H2,1H3. The van der Waals surface area contributed by atoms with Crippen LogP contribution in [0.3, 0.4) is 0 Å². The van der Waals surface area contributed by atoms with E-state index in [-0.39, 0.29) is 19.0 Å². The Morgan fingerprint density at radius 3 is 2.94 bits per heavy atom. The van der Waals surface area contributed by atoms with Crippen LogP contribution in [0.5, 0.6) is 0 Å². The Morgan fingerprint density at radius 1 is 1.50 bits per heavy atom. The molecule has 1 heterocycles. The molecule has 1 saturated heterocycles. The van der Waals surface area contributed by atoms with Gasteiger partial charge in [0, 0.05) is 19.2 Å². The number of aliphatic hydroxyl groups excluding tert-OH is 2. The number of ether oxygens (including phenoxy) is 1. The molecule has 0 aromatic heterocycles. The van der Waals surface area contributed by atoms with E-state index in [0.29, 0.717) is 19.2 Å². The number of rotatable bonds is 7. The third-order valence-corrected chi connectivity index (χ3v) is 3.36. The summed E-state index contributed by atoms with van der Waals surface area (Å²) < 4.78 is 4.82. The summed E-state index contributed by atoms with van der Waals surface area (Å²) in [5.74, 6) is -0.347. The molecule has 5 nitrogen and oxygen atoms in total. The van der Waals surface area contributed by atoms with Gasteiger partial charge in [0.1, 0.15) is 0 Å². The maximum absolute atomic E-state index is 11.3. The van der Waals surface area contributed by atoms with Gasteiger partial charge < -0.3 is 14.9 Å². The van der Waals surface area contributed by atoms with Crippen molar-refractivity contribution in [1.82, 2.24) is 4.90 Å². The Labute approximate surface area is 109 Å². The van der Waals surface area contributed by atoms with Crippen molar-refractivity contribution in [2.75, 3.05) is 26.3 Å². The summed E-state index contributed by atoms with van der Waals surface area (Å²) in [5.41, 5.74) is 0. The Balaban J connectivity index is 2.35. The highest BCUT2D eigenvalue weighted by atomic mass is 16.5. The van der Waals surface area contributed by atoms with Crippen LogP contribution >= 0.6 is 0 Å². The summed E-state index contributed by atoms with van der Waals surface area (Å²) in [6, 6.07) is 0.334. The first kappa shape index (κ1) is 15.4. The highest BCUT2D eigenvalue weighted by Crippen LogP contribution is 2.20. The monoisotopic (exact) mass is 259 g/mol. The molecular weight excluding hydrogens is 234 g/mol. The molecule has 2 atom stereocenters. The van der Waals surface area contributed by atoms with Crippen LogP contribution in [-0.4, -0.2) is 59.5 Å². The topological polar surface area (TPSA) is 70.0 Å². The number of esters is 1. The van der Waals surface area contributed by atoms with Crippen LogP contribution in [0.4, 0.5) is 0 Å². The fourth-order valence-electron chi connectivity index (χ4n) is 2.52. The van der Waals surface area contributed by atoms with E-state index in [4.69, 9.17) is 9.84 Å². The van der Waals surface area contributed by atoms with Crippen molar-refractivity contribution in [3.05, 3.63) is 0 Å². The first-order chi connectivity index (χ1) is 8.67. The van der Waals surface area contributed by atoms with Crippen molar-refractivity contribution in [3.8, 4) is 0 Å². The first-order valence-electron chi connectivity index (χ1n) is 6.86. The minimum absolute atomic E-state index is 0.0518. The lowest BCUT2D eigenvalue weighted by Crippen LogP contribution is -2.44. The van der Waals surface area contributed by atoms with E-state index >= 15 is 0 Å². The molecule has 1 aliphatic rings. The van der Waals surface area contributed by atoms with E-state index in [1.54, 1.807) is 6.92 Å². The van der Waals surface area contributed by atoms with Gasteiger partial charge in [-0.2, -0.15) is 0 Å². The van der Waals surface area contributed by atoms with E-state index in [1.165, 1.54) is 6.42 Å². The van der Waals surface area contributed by atoms with Gasteiger partial charge in [-0.25, -0.2) is 0 Å². The summed E-state index contributed by atoms with van der Waals surface area (Å²) in [6.45, 7) is 3.71. The van der Waals surface area contributed by atoms with E-state index in [9.17, 15) is 9.90 Å². The van der Waals surface area contributed by atoms with Crippen molar-refractivity contribution >= 4 is 5.97 Å². The molecule has 2 N–H and O–H groups in total. The lowest BCUT2D eigenvalue weighted by atomic mass is 9.99. The first-order valence-corrected chi connectivity index (χ1v) is 6.86. The Morgan fingerprint density at radius 2 is 2.28 bits per heavy atom. The van der Waals surface area contributed by atoms with Gasteiger partial charge in [0.05, 0.1) is 19.1 Å². The maximum Gasteiger partial charge on any atom is 0.308 e. The SMILES string of the molecule is CCOC(=O)CC(O)CN1CCCCC1CCO. The molecule has 5 heteroatoms. The molecule has 18 heavy (non-hydrogen) atoms. The zero-order valence-corrected chi connectivity index (χ0v) is 11.2. The van der Waals surface area contributed by atoms with E-state index < -0.39 is 6.10 Å². The van der Waals surface area contributed by atoms with E-state index in [2.05, 4.69) is 4.90 Å². The van der Waals surface area contributed by atoms with Gasteiger partial charge in [-0.05, 0) is 32.7 Å². The number of aliphatic hydroxyl groups is 2. The predicted molar refractivity (Wildman–Crippen MR) is 68.2 cm³/mol. The highest BCUT2D eigenvalue weighted by molar-refractivity contribution is 5.69. The molecule has 0 radical (unpaired) electrons. The molecule has 0 aliphatic carbocycles. The molecule has 1 fully saturated rings. The molecule has 0 spiro atoms. The zero-order chi connectivity index (χ0) is 13.4. The fourth-order valence-corrected chi connectivity index (χ4v) is 2.52. The van der Waals surface area contributed by atoms with Crippen molar-refractivity contribution in [1.29, 1.82) is 0 Å². The molecule has 0 amide bonds.